The number of aliphatic hydroxyl groups excluding tert-OH is 1. The fraction of sp³-hybridized carbons (Fsp3) is 0.190. The third kappa shape index (κ3) is 4.89. The van der Waals surface area contributed by atoms with Crippen LogP contribution in [0.25, 0.3) is 16.6 Å². The van der Waals surface area contributed by atoms with Crippen LogP contribution in [0.2, 0.25) is 0 Å². The van der Waals surface area contributed by atoms with Crippen molar-refractivity contribution in [1.82, 2.24) is 9.97 Å². The summed E-state index contributed by atoms with van der Waals surface area (Å²) in [5, 5.41) is 19.5. The van der Waals surface area contributed by atoms with Crippen molar-refractivity contribution in [3.63, 3.8) is 0 Å². The minimum atomic E-state index is -0.481. The number of H-pyrrole nitrogens is 1. The van der Waals surface area contributed by atoms with Gasteiger partial charge in [0.25, 0.3) is 0 Å². The Morgan fingerprint density at radius 3 is 2.64 bits per heavy atom. The number of aromatic amines is 1. The highest BCUT2D eigenvalue weighted by molar-refractivity contribution is 5.82. The van der Waals surface area contributed by atoms with Crippen molar-refractivity contribution in [2.45, 2.75) is 12.8 Å². The zero-order valence-electron chi connectivity index (χ0n) is 15.1. The molecule has 2 N–H and O–H groups in total. The summed E-state index contributed by atoms with van der Waals surface area (Å²) in [4.78, 5) is 19.1. The number of carbonyl (C=O) groups is 1. The molecule has 0 amide bonds. The lowest BCUT2D eigenvalue weighted by atomic mass is 10.2. The van der Waals surface area contributed by atoms with Crippen LogP contribution in [0.5, 0.6) is 5.75 Å². The number of aromatic nitrogens is 2. The molecule has 0 aliphatic carbocycles. The van der Waals surface area contributed by atoms with E-state index in [1.54, 1.807) is 6.07 Å². The molecule has 3 aromatic rings. The predicted molar refractivity (Wildman–Crippen MR) is 103 cm³/mol. The maximum Gasteiger partial charge on any atom is 0.306 e. The van der Waals surface area contributed by atoms with Gasteiger partial charge in [-0.05, 0) is 30.7 Å². The maximum absolute atomic E-state index is 11.8. The molecule has 7 nitrogen and oxygen atoms in total. The highest BCUT2D eigenvalue weighted by atomic mass is 16.5. The van der Waals surface area contributed by atoms with Crippen molar-refractivity contribution in [3.8, 4) is 11.8 Å². The molecular formula is C21H19N3O4. The van der Waals surface area contributed by atoms with Gasteiger partial charge in [-0.1, -0.05) is 30.3 Å². The molecule has 28 heavy (non-hydrogen) atoms. The Hall–Kier alpha value is -3.79. The summed E-state index contributed by atoms with van der Waals surface area (Å²) in [7, 11) is 0. The number of imidazole rings is 1. The Morgan fingerprint density at radius 1 is 1.14 bits per heavy atom. The summed E-state index contributed by atoms with van der Waals surface area (Å²) in [5.41, 5.74) is 1.36. The highest BCUT2D eigenvalue weighted by Gasteiger charge is 2.14. The SMILES string of the molecule is N#C/C(=C(/O)COC(=O)CCCOc1ccccc1)c1nc2ccccc2[nH]1. The number of para-hydroxylation sites is 3. The predicted octanol–water partition coefficient (Wildman–Crippen LogP) is 3.76. The number of benzene rings is 2. The molecule has 1 aromatic heterocycles. The number of hydrogen-bond donors (Lipinski definition) is 2. The first kappa shape index (κ1) is 19.0. The molecule has 0 unspecified atom stereocenters. The Labute approximate surface area is 161 Å². The van der Waals surface area contributed by atoms with E-state index < -0.39 is 12.6 Å². The number of nitriles is 1. The molecule has 7 heteroatoms. The number of allylic oxidation sites excluding steroid dienone is 1. The van der Waals surface area contributed by atoms with Gasteiger partial charge >= 0.3 is 5.97 Å². The third-order valence-electron chi connectivity index (χ3n) is 3.93. The molecule has 2 aromatic carbocycles. The summed E-state index contributed by atoms with van der Waals surface area (Å²) < 4.78 is 10.5. The van der Waals surface area contributed by atoms with Gasteiger partial charge < -0.3 is 19.6 Å². The molecule has 0 spiro atoms. The summed E-state index contributed by atoms with van der Waals surface area (Å²) in [6, 6.07) is 18.5. The van der Waals surface area contributed by atoms with Crippen LogP contribution in [0.4, 0.5) is 0 Å². The van der Waals surface area contributed by atoms with Crippen LogP contribution in [-0.4, -0.2) is 34.3 Å². The van der Waals surface area contributed by atoms with Crippen LogP contribution >= 0.6 is 0 Å². The quantitative estimate of drug-likeness (QED) is 0.268. The van der Waals surface area contributed by atoms with Crippen molar-refractivity contribution < 1.29 is 19.4 Å². The van der Waals surface area contributed by atoms with Crippen LogP contribution in [0, 0.1) is 11.3 Å². The molecular weight excluding hydrogens is 358 g/mol. The first-order valence-corrected chi connectivity index (χ1v) is 8.78. The van der Waals surface area contributed by atoms with Crippen molar-refractivity contribution in [2.24, 2.45) is 0 Å². The molecule has 0 saturated heterocycles. The molecule has 142 valence electrons. The molecule has 0 atom stereocenters. The molecule has 0 bridgehead atoms. The van der Waals surface area contributed by atoms with Crippen LogP contribution in [0.15, 0.2) is 60.4 Å². The number of nitrogens with one attached hydrogen (secondary N) is 1. The van der Waals surface area contributed by atoms with Gasteiger partial charge in [-0.15, -0.1) is 0 Å². The zero-order valence-corrected chi connectivity index (χ0v) is 15.1. The van der Waals surface area contributed by atoms with Gasteiger partial charge in [0, 0.05) is 6.42 Å². The monoisotopic (exact) mass is 377 g/mol. The van der Waals surface area contributed by atoms with Crippen molar-refractivity contribution in [1.29, 1.82) is 5.26 Å². The fourth-order valence-corrected chi connectivity index (χ4v) is 2.54. The summed E-state index contributed by atoms with van der Waals surface area (Å²) in [5.74, 6) is 0.134. The molecule has 0 fully saturated rings. The Bertz CT molecular complexity index is 986. The van der Waals surface area contributed by atoms with E-state index in [0.29, 0.717) is 18.5 Å². The average molecular weight is 377 g/mol. The van der Waals surface area contributed by atoms with Gasteiger partial charge in [0.05, 0.1) is 17.6 Å². The van der Waals surface area contributed by atoms with E-state index >= 15 is 0 Å². The summed E-state index contributed by atoms with van der Waals surface area (Å²) in [6.45, 7) is -0.0122. The van der Waals surface area contributed by atoms with Gasteiger partial charge in [-0.2, -0.15) is 5.26 Å². The van der Waals surface area contributed by atoms with Crippen LogP contribution in [0.3, 0.4) is 0 Å². The number of carbonyl (C=O) groups excluding carboxylic acids is 1. The summed E-state index contributed by atoms with van der Waals surface area (Å²) in [6.07, 6.45) is 0.625. The van der Waals surface area contributed by atoms with Crippen LogP contribution < -0.4 is 4.74 Å². The van der Waals surface area contributed by atoms with Gasteiger partial charge in [0.1, 0.15) is 24.0 Å². The lowest BCUT2D eigenvalue weighted by molar-refractivity contribution is -0.143. The minimum absolute atomic E-state index is 0.0589. The Kier molecular flexibility index (Phi) is 6.26. The average Bonchev–Trinajstić information content (AvgIpc) is 3.14. The van der Waals surface area contributed by atoms with E-state index in [0.717, 1.165) is 11.3 Å². The minimum Gasteiger partial charge on any atom is -0.507 e. The number of nitrogens with zero attached hydrogens (tertiary/aromatic N) is 2. The van der Waals surface area contributed by atoms with Crippen molar-refractivity contribution in [3.05, 3.63) is 66.2 Å². The van der Waals surface area contributed by atoms with Gasteiger partial charge in [-0.3, -0.25) is 4.79 Å². The molecule has 1 heterocycles. The first-order chi connectivity index (χ1) is 13.7. The number of aliphatic hydroxyl groups is 1. The Morgan fingerprint density at radius 2 is 1.89 bits per heavy atom. The van der Waals surface area contributed by atoms with E-state index in [1.165, 1.54) is 0 Å². The van der Waals surface area contributed by atoms with Gasteiger partial charge in [0.2, 0.25) is 0 Å². The van der Waals surface area contributed by atoms with Crippen molar-refractivity contribution >= 4 is 22.6 Å². The number of fused-ring (bicyclic) bond motifs is 1. The molecule has 0 aliphatic rings. The standard InChI is InChI=1S/C21H19N3O4/c22-13-16(21-23-17-9-4-5-10-18(17)24-21)19(25)14-28-20(26)11-6-12-27-15-7-2-1-3-8-15/h1-5,7-10,25H,6,11-12,14H2,(H,23,24)/b19-16-. The van der Waals surface area contributed by atoms with Crippen LogP contribution in [0.1, 0.15) is 18.7 Å². The fourth-order valence-electron chi connectivity index (χ4n) is 2.54. The normalized spacial score (nSPS) is 11.5. The zero-order chi connectivity index (χ0) is 19.8. The first-order valence-electron chi connectivity index (χ1n) is 8.78. The second-order valence-electron chi connectivity index (χ2n) is 5.96. The van der Waals surface area contributed by atoms with E-state index in [1.807, 2.05) is 54.6 Å². The number of hydrogen-bond acceptors (Lipinski definition) is 6. The number of ether oxygens (including phenoxy) is 2. The number of esters is 1. The summed E-state index contributed by atoms with van der Waals surface area (Å²) >= 11 is 0. The van der Waals surface area contributed by atoms with E-state index in [9.17, 15) is 15.2 Å². The second-order valence-corrected chi connectivity index (χ2v) is 5.96. The van der Waals surface area contributed by atoms with Gasteiger partial charge in [-0.25, -0.2) is 4.98 Å². The smallest absolute Gasteiger partial charge is 0.306 e. The third-order valence-corrected chi connectivity index (χ3v) is 3.93. The number of rotatable bonds is 8. The molecule has 0 aliphatic heterocycles. The van der Waals surface area contributed by atoms with E-state index in [4.69, 9.17) is 9.47 Å². The lowest BCUT2D eigenvalue weighted by Crippen LogP contribution is -2.10. The van der Waals surface area contributed by atoms with Crippen LogP contribution in [-0.2, 0) is 9.53 Å². The highest BCUT2D eigenvalue weighted by Crippen LogP contribution is 2.19. The van der Waals surface area contributed by atoms with Crippen molar-refractivity contribution in [2.75, 3.05) is 13.2 Å². The molecule has 0 radical (unpaired) electrons. The topological polar surface area (TPSA) is 108 Å². The lowest BCUT2D eigenvalue weighted by Gasteiger charge is -2.07. The molecule has 3 rings (SSSR count). The largest absolute Gasteiger partial charge is 0.507 e. The maximum atomic E-state index is 11.8. The second kappa shape index (κ2) is 9.24. The Balaban J connectivity index is 1.50. The van der Waals surface area contributed by atoms with Gasteiger partial charge in [0.15, 0.2) is 11.6 Å². The molecule has 0 saturated carbocycles. The van der Waals surface area contributed by atoms with E-state index in [2.05, 4.69) is 9.97 Å². The van der Waals surface area contributed by atoms with E-state index in [-0.39, 0.29) is 23.6 Å².